The largest absolute Gasteiger partial charge is 0.309 e. The topological polar surface area (TPSA) is 49.4 Å². The van der Waals surface area contributed by atoms with Crippen molar-refractivity contribution in [2.45, 2.75) is 30.8 Å². The molecule has 0 bridgehead atoms. The van der Waals surface area contributed by atoms with Gasteiger partial charge in [0.15, 0.2) is 0 Å². The molecule has 0 aliphatic carbocycles. The quantitative estimate of drug-likeness (QED) is 0.880. The zero-order valence-corrected chi connectivity index (χ0v) is 11.2. The Morgan fingerprint density at radius 1 is 1.22 bits per heavy atom. The average molecular weight is 272 g/mol. The number of hydrogen-bond donors (Lipinski definition) is 1. The Morgan fingerprint density at radius 3 is 2.33 bits per heavy atom. The van der Waals surface area contributed by atoms with Gasteiger partial charge in [0.05, 0.1) is 0 Å². The van der Waals surface area contributed by atoms with Gasteiger partial charge < -0.3 is 5.32 Å². The van der Waals surface area contributed by atoms with E-state index in [-0.39, 0.29) is 17.0 Å². The van der Waals surface area contributed by atoms with Crippen LogP contribution in [-0.4, -0.2) is 37.9 Å². The third-order valence-corrected chi connectivity index (χ3v) is 4.84. The van der Waals surface area contributed by atoms with Crippen molar-refractivity contribution in [1.29, 1.82) is 0 Å². The van der Waals surface area contributed by atoms with Crippen molar-refractivity contribution in [2.24, 2.45) is 0 Å². The molecule has 1 aliphatic rings. The van der Waals surface area contributed by atoms with Crippen LogP contribution in [0.15, 0.2) is 29.2 Å². The molecule has 1 fully saturated rings. The predicted octanol–water partition coefficient (Wildman–Crippen LogP) is 1.20. The van der Waals surface area contributed by atoms with Crippen molar-refractivity contribution in [1.82, 2.24) is 9.62 Å². The molecule has 0 aromatic heterocycles. The molecule has 18 heavy (non-hydrogen) atoms. The van der Waals surface area contributed by atoms with Crippen LogP contribution >= 0.6 is 0 Å². The highest BCUT2D eigenvalue weighted by molar-refractivity contribution is 7.89. The van der Waals surface area contributed by atoms with Gasteiger partial charge in [-0.3, -0.25) is 0 Å². The second-order valence-corrected chi connectivity index (χ2v) is 6.63. The Labute approximate surface area is 107 Å². The van der Waals surface area contributed by atoms with Gasteiger partial charge in [0.2, 0.25) is 10.0 Å². The molecule has 0 saturated carbocycles. The molecule has 2 rings (SSSR count). The summed E-state index contributed by atoms with van der Waals surface area (Å²) in [6.07, 6.45) is 0. The highest BCUT2D eigenvalue weighted by Crippen LogP contribution is 2.21. The van der Waals surface area contributed by atoms with Crippen LogP contribution in [0, 0.1) is 5.82 Å². The molecule has 1 aliphatic heterocycles. The van der Waals surface area contributed by atoms with Crippen molar-refractivity contribution < 1.29 is 12.8 Å². The van der Waals surface area contributed by atoms with Crippen LogP contribution in [0.1, 0.15) is 13.8 Å². The summed E-state index contributed by atoms with van der Waals surface area (Å²) in [4.78, 5) is -0.244. The minimum atomic E-state index is -3.74. The molecular formula is C12H17FN2O2S. The van der Waals surface area contributed by atoms with Gasteiger partial charge in [-0.2, -0.15) is 4.31 Å². The summed E-state index contributed by atoms with van der Waals surface area (Å²) in [5, 5.41) is 3.25. The molecule has 1 saturated heterocycles. The lowest BCUT2D eigenvalue weighted by molar-refractivity contribution is 0.262. The van der Waals surface area contributed by atoms with Crippen LogP contribution < -0.4 is 5.32 Å². The Morgan fingerprint density at radius 2 is 1.78 bits per heavy atom. The molecule has 100 valence electrons. The fourth-order valence-corrected chi connectivity index (χ4v) is 3.95. The lowest BCUT2D eigenvalue weighted by atomic mass is 10.2. The zero-order chi connectivity index (χ0) is 13.3. The average Bonchev–Trinajstić information content (AvgIpc) is 2.28. The summed E-state index contributed by atoms with van der Waals surface area (Å²) in [5.74, 6) is -0.698. The molecule has 0 radical (unpaired) electrons. The normalized spacial score (nSPS) is 26.2. The highest BCUT2D eigenvalue weighted by atomic mass is 32.2. The molecule has 6 heteroatoms. The minimum Gasteiger partial charge on any atom is -0.309 e. The zero-order valence-electron chi connectivity index (χ0n) is 10.4. The first-order chi connectivity index (χ1) is 8.41. The number of rotatable bonds is 2. The Balaban J connectivity index is 2.34. The van der Waals surface area contributed by atoms with E-state index in [2.05, 4.69) is 5.32 Å². The van der Waals surface area contributed by atoms with Crippen molar-refractivity contribution in [3.63, 3.8) is 0 Å². The van der Waals surface area contributed by atoms with E-state index < -0.39 is 15.8 Å². The summed E-state index contributed by atoms with van der Waals surface area (Å²) in [6.45, 7) is 4.56. The smallest absolute Gasteiger partial charge is 0.246 e. The number of piperazine rings is 1. The molecule has 1 N–H and O–H groups in total. The van der Waals surface area contributed by atoms with Crippen LogP contribution in [-0.2, 0) is 10.0 Å². The summed E-state index contributed by atoms with van der Waals surface area (Å²) >= 11 is 0. The first-order valence-electron chi connectivity index (χ1n) is 5.92. The summed E-state index contributed by atoms with van der Waals surface area (Å²) in [7, 11) is -3.74. The minimum absolute atomic E-state index is 0.0651. The van der Waals surface area contributed by atoms with Crippen molar-refractivity contribution in [3.8, 4) is 0 Å². The van der Waals surface area contributed by atoms with E-state index in [1.165, 1.54) is 28.6 Å². The Kier molecular flexibility index (Phi) is 3.70. The molecule has 1 heterocycles. The van der Waals surface area contributed by atoms with Gasteiger partial charge in [0.1, 0.15) is 10.7 Å². The predicted molar refractivity (Wildman–Crippen MR) is 67.2 cm³/mol. The lowest BCUT2D eigenvalue weighted by Gasteiger charge is -2.35. The molecule has 2 atom stereocenters. The number of halogens is 1. The maximum Gasteiger partial charge on any atom is 0.246 e. The van der Waals surface area contributed by atoms with Crippen LogP contribution in [0.2, 0.25) is 0 Å². The van der Waals surface area contributed by atoms with Gasteiger partial charge in [-0.25, -0.2) is 12.8 Å². The van der Waals surface area contributed by atoms with E-state index in [9.17, 15) is 12.8 Å². The second kappa shape index (κ2) is 4.95. The molecule has 1 aromatic carbocycles. The van der Waals surface area contributed by atoms with Gasteiger partial charge in [0, 0.05) is 25.2 Å². The van der Waals surface area contributed by atoms with E-state index in [1.807, 2.05) is 13.8 Å². The SMILES string of the molecule is C[C@@H]1CN(S(=O)(=O)c2ccccc2F)C[C@@H](C)N1. The van der Waals surface area contributed by atoms with E-state index >= 15 is 0 Å². The van der Waals surface area contributed by atoms with Crippen LogP contribution in [0.5, 0.6) is 0 Å². The van der Waals surface area contributed by atoms with E-state index in [0.717, 1.165) is 0 Å². The molecule has 0 amide bonds. The lowest BCUT2D eigenvalue weighted by Crippen LogP contribution is -2.55. The number of nitrogens with one attached hydrogen (secondary N) is 1. The molecular weight excluding hydrogens is 255 g/mol. The second-order valence-electron chi connectivity index (χ2n) is 4.72. The molecule has 0 unspecified atom stereocenters. The van der Waals surface area contributed by atoms with E-state index in [1.54, 1.807) is 0 Å². The van der Waals surface area contributed by atoms with E-state index in [4.69, 9.17) is 0 Å². The van der Waals surface area contributed by atoms with Crippen LogP contribution in [0.4, 0.5) is 4.39 Å². The molecule has 4 nitrogen and oxygen atoms in total. The van der Waals surface area contributed by atoms with Gasteiger partial charge >= 0.3 is 0 Å². The Hall–Kier alpha value is -0.980. The summed E-state index contributed by atoms with van der Waals surface area (Å²) in [6, 6.07) is 5.62. The fourth-order valence-electron chi connectivity index (χ4n) is 2.27. The number of sulfonamides is 1. The standard InChI is InChI=1S/C12H17FN2O2S/c1-9-7-15(8-10(2)14-9)18(16,17)12-6-4-3-5-11(12)13/h3-6,9-10,14H,7-8H2,1-2H3/t9-,10-/m1/s1. The van der Waals surface area contributed by atoms with E-state index in [0.29, 0.717) is 13.1 Å². The summed E-state index contributed by atoms with van der Waals surface area (Å²) < 4.78 is 39.7. The highest BCUT2D eigenvalue weighted by Gasteiger charge is 2.32. The van der Waals surface area contributed by atoms with Gasteiger partial charge in [0.25, 0.3) is 0 Å². The van der Waals surface area contributed by atoms with Gasteiger partial charge in [-0.1, -0.05) is 12.1 Å². The maximum atomic E-state index is 13.6. The monoisotopic (exact) mass is 272 g/mol. The van der Waals surface area contributed by atoms with Crippen LogP contribution in [0.25, 0.3) is 0 Å². The third-order valence-electron chi connectivity index (χ3n) is 2.98. The maximum absolute atomic E-state index is 13.6. The fraction of sp³-hybridized carbons (Fsp3) is 0.500. The number of nitrogens with zero attached hydrogens (tertiary/aromatic N) is 1. The van der Waals surface area contributed by atoms with Crippen molar-refractivity contribution in [2.75, 3.05) is 13.1 Å². The van der Waals surface area contributed by atoms with Crippen molar-refractivity contribution in [3.05, 3.63) is 30.1 Å². The Bertz CT molecular complexity index is 523. The first-order valence-corrected chi connectivity index (χ1v) is 7.36. The third kappa shape index (κ3) is 2.55. The number of hydrogen-bond acceptors (Lipinski definition) is 3. The van der Waals surface area contributed by atoms with Gasteiger partial charge in [-0.15, -0.1) is 0 Å². The first kappa shape index (κ1) is 13.5. The molecule has 0 spiro atoms. The number of benzene rings is 1. The molecule has 1 aromatic rings. The van der Waals surface area contributed by atoms with Crippen molar-refractivity contribution >= 4 is 10.0 Å². The van der Waals surface area contributed by atoms with Gasteiger partial charge in [-0.05, 0) is 26.0 Å². The summed E-state index contributed by atoms with van der Waals surface area (Å²) in [5.41, 5.74) is 0. The van der Waals surface area contributed by atoms with Crippen LogP contribution in [0.3, 0.4) is 0 Å².